The normalized spacial score (nSPS) is 13.0. The Morgan fingerprint density at radius 2 is 0.771 bits per heavy atom. The maximum Gasteiger partial charge on any atom is 0.0837 e. The first kappa shape index (κ1) is 20.9. The SMILES string of the molecule is c1ccc(-c2c3c(c(-c4ccccc4)c4c5ccccc5c5ccccc5c24)SN=S=NS3)cc1. The van der Waals surface area contributed by atoms with E-state index in [-0.39, 0.29) is 0 Å². The highest BCUT2D eigenvalue weighted by Gasteiger charge is 2.26. The van der Waals surface area contributed by atoms with Gasteiger partial charge in [-0.15, -0.1) is 7.54 Å². The third-order valence-corrected chi connectivity index (χ3v) is 8.98. The molecule has 166 valence electrons. The Bertz CT molecular complexity index is 1690. The van der Waals surface area contributed by atoms with Crippen molar-refractivity contribution in [3.05, 3.63) is 109 Å². The van der Waals surface area contributed by atoms with Gasteiger partial charge in [0.1, 0.15) is 0 Å². The predicted octanol–water partition coefficient (Wildman–Crippen LogP) is 9.96. The van der Waals surface area contributed by atoms with Crippen molar-refractivity contribution < 1.29 is 0 Å². The summed E-state index contributed by atoms with van der Waals surface area (Å²) in [6, 6.07) is 39.1. The highest BCUT2D eigenvalue weighted by Crippen LogP contribution is 2.54. The first-order valence-corrected chi connectivity index (χ1v) is 13.6. The fourth-order valence-corrected chi connectivity index (χ4v) is 7.60. The summed E-state index contributed by atoms with van der Waals surface area (Å²) in [6.45, 7) is 0. The van der Waals surface area contributed by atoms with Gasteiger partial charge in [-0.25, -0.2) is 0 Å². The number of hydrogen-bond donors (Lipinski definition) is 0. The lowest BCUT2D eigenvalue weighted by Gasteiger charge is -2.22. The van der Waals surface area contributed by atoms with Crippen molar-refractivity contribution in [2.75, 3.05) is 0 Å². The predicted molar refractivity (Wildman–Crippen MR) is 154 cm³/mol. The number of fused-ring (bicyclic) bond motifs is 7. The summed E-state index contributed by atoms with van der Waals surface area (Å²) in [7, 11) is 0. The molecule has 0 fully saturated rings. The van der Waals surface area contributed by atoms with Crippen molar-refractivity contribution in [2.45, 2.75) is 9.79 Å². The molecule has 0 N–H and O–H groups in total. The van der Waals surface area contributed by atoms with Crippen LogP contribution in [0.25, 0.3) is 54.6 Å². The Balaban J connectivity index is 1.84. The van der Waals surface area contributed by atoms with Crippen LogP contribution in [-0.2, 0) is 11.4 Å². The standard InChI is InChI=1S/C30H18N2S3/c1-3-11-19(12-4-1)25-27-23-17-9-7-15-21(23)22-16-8-10-18-24(22)28(27)26(20-13-5-2-6-14-20)30-29(25)33-31-35-32-34-30/h1-18H. The maximum absolute atomic E-state index is 4.63. The molecule has 0 atom stereocenters. The van der Waals surface area contributed by atoms with Crippen LogP contribution in [0.5, 0.6) is 0 Å². The second kappa shape index (κ2) is 8.68. The van der Waals surface area contributed by atoms with E-state index < -0.39 is 0 Å². The first-order valence-electron chi connectivity index (χ1n) is 11.4. The zero-order chi connectivity index (χ0) is 23.2. The van der Waals surface area contributed by atoms with Crippen LogP contribution in [0.2, 0.25) is 0 Å². The molecule has 6 aromatic carbocycles. The van der Waals surface area contributed by atoms with E-state index >= 15 is 0 Å². The van der Waals surface area contributed by atoms with Crippen molar-refractivity contribution in [1.82, 2.24) is 0 Å². The van der Waals surface area contributed by atoms with Gasteiger partial charge in [-0.2, -0.15) is 0 Å². The number of hydrogen-bond acceptors (Lipinski definition) is 4. The van der Waals surface area contributed by atoms with E-state index in [1.54, 1.807) is 23.9 Å². The minimum atomic E-state index is 1.17. The summed E-state index contributed by atoms with van der Waals surface area (Å²) in [4.78, 5) is 2.34. The van der Waals surface area contributed by atoms with E-state index in [0.717, 1.165) is 0 Å². The van der Waals surface area contributed by atoms with Crippen LogP contribution in [0.1, 0.15) is 0 Å². The monoisotopic (exact) mass is 502 g/mol. The van der Waals surface area contributed by atoms with Gasteiger partial charge in [0.25, 0.3) is 0 Å². The molecule has 0 aromatic heterocycles. The second-order valence-corrected chi connectivity index (χ2v) is 10.9. The fourth-order valence-electron chi connectivity index (χ4n) is 5.17. The minimum Gasteiger partial charge on any atom is -0.135 e. The zero-order valence-electron chi connectivity index (χ0n) is 18.5. The van der Waals surface area contributed by atoms with Crippen LogP contribution in [0, 0.1) is 0 Å². The average Bonchev–Trinajstić information content (AvgIpc) is 3.19. The molecule has 1 aliphatic heterocycles. The van der Waals surface area contributed by atoms with Gasteiger partial charge >= 0.3 is 0 Å². The van der Waals surface area contributed by atoms with Crippen LogP contribution in [0.4, 0.5) is 0 Å². The van der Waals surface area contributed by atoms with Gasteiger partial charge in [-0.05, 0) is 43.4 Å². The molecule has 0 amide bonds. The molecule has 0 radical (unpaired) electrons. The van der Waals surface area contributed by atoms with Gasteiger partial charge in [0.05, 0.1) is 21.1 Å². The Morgan fingerprint density at radius 3 is 1.20 bits per heavy atom. The lowest BCUT2D eigenvalue weighted by Crippen LogP contribution is -1.96. The molecule has 0 aliphatic carbocycles. The minimum absolute atomic E-state index is 1.17. The van der Waals surface area contributed by atoms with Crippen molar-refractivity contribution >= 4 is 67.6 Å². The Morgan fingerprint density at radius 1 is 0.400 bits per heavy atom. The van der Waals surface area contributed by atoms with E-state index in [4.69, 9.17) is 0 Å². The van der Waals surface area contributed by atoms with Crippen LogP contribution in [0.3, 0.4) is 0 Å². The quantitative estimate of drug-likeness (QED) is 0.174. The zero-order valence-corrected chi connectivity index (χ0v) is 21.0. The van der Waals surface area contributed by atoms with Gasteiger partial charge in [0, 0.05) is 35.0 Å². The largest absolute Gasteiger partial charge is 0.135 e. The molecule has 0 saturated carbocycles. The Hall–Kier alpha value is -3.38. The van der Waals surface area contributed by atoms with Crippen molar-refractivity contribution in [2.24, 2.45) is 7.54 Å². The highest BCUT2D eigenvalue weighted by molar-refractivity contribution is 8.06. The molecule has 7 rings (SSSR count). The third kappa shape index (κ3) is 3.34. The highest BCUT2D eigenvalue weighted by atomic mass is 32.2. The average molecular weight is 503 g/mol. The van der Waals surface area contributed by atoms with E-state index in [9.17, 15) is 0 Å². The molecule has 2 nitrogen and oxygen atoms in total. The lowest BCUT2D eigenvalue weighted by molar-refractivity contribution is 1.29. The van der Waals surface area contributed by atoms with Gasteiger partial charge < -0.3 is 0 Å². The van der Waals surface area contributed by atoms with Gasteiger partial charge in [-0.3, -0.25) is 0 Å². The van der Waals surface area contributed by atoms with Gasteiger partial charge in [0.2, 0.25) is 0 Å². The molecule has 35 heavy (non-hydrogen) atoms. The molecule has 1 aliphatic rings. The summed E-state index contributed by atoms with van der Waals surface area (Å²) in [5.74, 6) is 0. The molecule has 0 bridgehead atoms. The topological polar surface area (TPSA) is 24.7 Å². The third-order valence-electron chi connectivity index (χ3n) is 6.54. The molecule has 6 aromatic rings. The summed E-state index contributed by atoms with van der Waals surface area (Å²) in [5.41, 5.74) is 4.86. The molecular weight excluding hydrogens is 485 g/mol. The summed E-state index contributed by atoms with van der Waals surface area (Å²) < 4.78 is 9.26. The Labute approximate surface area is 215 Å². The molecule has 0 unspecified atom stereocenters. The van der Waals surface area contributed by atoms with E-state index in [1.807, 2.05) is 0 Å². The number of rotatable bonds is 2. The van der Waals surface area contributed by atoms with Crippen LogP contribution in [0.15, 0.2) is 127 Å². The smallest absolute Gasteiger partial charge is 0.0837 e. The molecule has 5 heteroatoms. The van der Waals surface area contributed by atoms with Gasteiger partial charge in [0.15, 0.2) is 0 Å². The van der Waals surface area contributed by atoms with Crippen LogP contribution < -0.4 is 0 Å². The maximum atomic E-state index is 4.63. The van der Waals surface area contributed by atoms with Crippen molar-refractivity contribution in [1.29, 1.82) is 0 Å². The van der Waals surface area contributed by atoms with Crippen molar-refractivity contribution in [3.63, 3.8) is 0 Å². The molecule has 0 saturated heterocycles. The second-order valence-electron chi connectivity index (χ2n) is 8.39. The van der Waals surface area contributed by atoms with E-state index in [0.29, 0.717) is 0 Å². The fraction of sp³-hybridized carbons (Fsp3) is 0. The number of benzene rings is 6. The summed E-state index contributed by atoms with van der Waals surface area (Å²) in [6.07, 6.45) is 0. The molecular formula is C30H18N2S3. The number of nitrogens with zero attached hydrogens (tertiary/aromatic N) is 2. The summed E-state index contributed by atoms with van der Waals surface area (Å²) >= 11 is 4.35. The van der Waals surface area contributed by atoms with Crippen molar-refractivity contribution in [3.8, 4) is 22.3 Å². The Kier molecular flexibility index (Phi) is 5.20. The lowest BCUT2D eigenvalue weighted by atomic mass is 9.85. The van der Waals surface area contributed by atoms with Crippen LogP contribution in [-0.4, -0.2) is 0 Å². The van der Waals surface area contributed by atoms with Gasteiger partial charge in [-0.1, -0.05) is 109 Å². The van der Waals surface area contributed by atoms with E-state index in [1.165, 1.54) is 75.7 Å². The summed E-state index contributed by atoms with van der Waals surface area (Å²) in [5, 5.41) is 7.62. The first-order chi connectivity index (χ1) is 17.4. The molecule has 0 spiro atoms. The molecule has 1 heterocycles. The van der Waals surface area contributed by atoms with Crippen LogP contribution >= 0.6 is 23.9 Å². The van der Waals surface area contributed by atoms with E-state index in [2.05, 4.69) is 117 Å².